The maximum atomic E-state index is 10.5. The van der Waals surface area contributed by atoms with Crippen LogP contribution in [0.2, 0.25) is 0 Å². The first-order valence-corrected chi connectivity index (χ1v) is 6.30. The molecule has 0 aromatic heterocycles. The topological polar surface area (TPSA) is 53.2 Å². The van der Waals surface area contributed by atoms with Crippen molar-refractivity contribution in [1.29, 1.82) is 5.26 Å². The molecular formula is C16H21NO2. The predicted octanol–water partition coefficient (Wildman–Crippen LogP) is 3.37. The summed E-state index contributed by atoms with van der Waals surface area (Å²) in [6.07, 6.45) is 0.841. The minimum Gasteiger partial charge on any atom is -0.384 e. The van der Waals surface area contributed by atoms with Crippen LogP contribution >= 0.6 is 0 Å². The molecule has 0 radical (unpaired) electrons. The second-order valence-corrected chi connectivity index (χ2v) is 5.52. The Morgan fingerprint density at radius 2 is 1.95 bits per heavy atom. The van der Waals surface area contributed by atoms with Crippen molar-refractivity contribution in [2.24, 2.45) is 0 Å². The van der Waals surface area contributed by atoms with E-state index in [4.69, 9.17) is 4.74 Å². The lowest BCUT2D eigenvalue weighted by Gasteiger charge is -2.37. The molecule has 1 N–H and O–H groups in total. The van der Waals surface area contributed by atoms with Gasteiger partial charge in [-0.05, 0) is 26.3 Å². The summed E-state index contributed by atoms with van der Waals surface area (Å²) >= 11 is 0. The summed E-state index contributed by atoms with van der Waals surface area (Å²) in [4.78, 5) is 0. The fraction of sp³-hybridized carbons (Fsp3) is 0.438. The van der Waals surface area contributed by atoms with Crippen molar-refractivity contribution >= 4 is 0 Å². The first kappa shape index (κ1) is 15.4. The maximum Gasteiger partial charge on any atom is 0.187 e. The summed E-state index contributed by atoms with van der Waals surface area (Å²) < 4.78 is 5.85. The summed E-state index contributed by atoms with van der Waals surface area (Å²) in [6, 6.07) is 11.2. The summed E-state index contributed by atoms with van der Waals surface area (Å²) in [6.45, 7) is 9.24. The van der Waals surface area contributed by atoms with E-state index in [9.17, 15) is 10.4 Å². The Kier molecular flexibility index (Phi) is 4.88. The van der Waals surface area contributed by atoms with Gasteiger partial charge in [-0.15, -0.1) is 6.58 Å². The minimum atomic E-state index is -1.32. The zero-order valence-corrected chi connectivity index (χ0v) is 11.8. The minimum absolute atomic E-state index is 0.261. The third kappa shape index (κ3) is 3.92. The first-order valence-electron chi connectivity index (χ1n) is 6.30. The third-order valence-corrected chi connectivity index (χ3v) is 2.68. The standard InChI is InChI=1S/C16H21NO2/c1-5-11-16(12-17,19-15(2,3)4)14(18)13-9-7-6-8-10-13/h5-10,14,18H,1,11H2,2-4H3/t14-,16+/m0/s1. The van der Waals surface area contributed by atoms with Crippen LogP contribution in [0.5, 0.6) is 0 Å². The summed E-state index contributed by atoms with van der Waals surface area (Å²) in [7, 11) is 0. The molecule has 0 heterocycles. The van der Waals surface area contributed by atoms with E-state index in [0.717, 1.165) is 0 Å². The lowest BCUT2D eigenvalue weighted by atomic mass is 9.88. The lowest BCUT2D eigenvalue weighted by Crippen LogP contribution is -2.43. The Balaban J connectivity index is 3.16. The molecule has 0 aliphatic rings. The average Bonchev–Trinajstić information content (AvgIpc) is 2.36. The van der Waals surface area contributed by atoms with Crippen molar-refractivity contribution in [3.8, 4) is 6.07 Å². The highest BCUT2D eigenvalue weighted by Crippen LogP contribution is 2.35. The molecule has 0 saturated heterocycles. The van der Waals surface area contributed by atoms with Gasteiger partial charge in [0, 0.05) is 6.42 Å². The molecule has 3 heteroatoms. The van der Waals surface area contributed by atoms with Gasteiger partial charge in [-0.25, -0.2) is 0 Å². The second kappa shape index (κ2) is 6.01. The van der Waals surface area contributed by atoms with Crippen LogP contribution in [-0.4, -0.2) is 16.3 Å². The molecule has 0 fully saturated rings. The van der Waals surface area contributed by atoms with Crippen LogP contribution in [0.25, 0.3) is 0 Å². The van der Waals surface area contributed by atoms with Crippen molar-refractivity contribution in [3.63, 3.8) is 0 Å². The number of hydrogen-bond donors (Lipinski definition) is 1. The van der Waals surface area contributed by atoms with Crippen molar-refractivity contribution in [2.75, 3.05) is 0 Å². The molecule has 0 aliphatic carbocycles. The van der Waals surface area contributed by atoms with Crippen LogP contribution < -0.4 is 0 Å². The van der Waals surface area contributed by atoms with Crippen molar-refractivity contribution in [2.45, 2.75) is 44.5 Å². The number of benzene rings is 1. The summed E-state index contributed by atoms with van der Waals surface area (Å²) in [5, 5.41) is 20.0. The van der Waals surface area contributed by atoms with E-state index in [1.54, 1.807) is 18.2 Å². The predicted molar refractivity (Wildman–Crippen MR) is 75.4 cm³/mol. The normalized spacial score (nSPS) is 16.2. The third-order valence-electron chi connectivity index (χ3n) is 2.68. The molecule has 0 spiro atoms. The largest absolute Gasteiger partial charge is 0.384 e. The van der Waals surface area contributed by atoms with Gasteiger partial charge in [-0.1, -0.05) is 36.4 Å². The smallest absolute Gasteiger partial charge is 0.187 e. The molecule has 19 heavy (non-hydrogen) atoms. The van der Waals surface area contributed by atoms with E-state index >= 15 is 0 Å². The molecule has 3 nitrogen and oxygen atoms in total. The van der Waals surface area contributed by atoms with E-state index in [1.807, 2.05) is 39.0 Å². The fourth-order valence-corrected chi connectivity index (χ4v) is 2.00. The van der Waals surface area contributed by atoms with E-state index in [2.05, 4.69) is 12.6 Å². The van der Waals surface area contributed by atoms with Gasteiger partial charge >= 0.3 is 0 Å². The quantitative estimate of drug-likeness (QED) is 0.825. The molecule has 1 rings (SSSR count). The molecule has 0 saturated carbocycles. The fourth-order valence-electron chi connectivity index (χ4n) is 2.00. The summed E-state index contributed by atoms with van der Waals surface area (Å²) in [5.74, 6) is 0. The van der Waals surface area contributed by atoms with Gasteiger partial charge in [-0.2, -0.15) is 5.26 Å². The first-order chi connectivity index (χ1) is 8.84. The Hall–Kier alpha value is -1.63. The monoisotopic (exact) mass is 259 g/mol. The van der Waals surface area contributed by atoms with Gasteiger partial charge in [0.05, 0.1) is 5.60 Å². The Bertz CT molecular complexity index is 456. The van der Waals surface area contributed by atoms with Crippen LogP contribution in [0, 0.1) is 11.3 Å². The molecule has 0 unspecified atom stereocenters. The maximum absolute atomic E-state index is 10.5. The van der Waals surface area contributed by atoms with Gasteiger partial charge in [0.1, 0.15) is 12.2 Å². The average molecular weight is 259 g/mol. The van der Waals surface area contributed by atoms with Crippen LogP contribution in [-0.2, 0) is 4.74 Å². The Morgan fingerprint density at radius 3 is 2.37 bits per heavy atom. The Labute approximate surface area is 115 Å². The van der Waals surface area contributed by atoms with Crippen LogP contribution in [0.15, 0.2) is 43.0 Å². The number of ether oxygens (including phenoxy) is 1. The van der Waals surface area contributed by atoms with Gasteiger partial charge in [-0.3, -0.25) is 0 Å². The molecule has 1 aromatic carbocycles. The highest BCUT2D eigenvalue weighted by molar-refractivity contribution is 5.25. The number of hydrogen-bond acceptors (Lipinski definition) is 3. The molecule has 102 valence electrons. The van der Waals surface area contributed by atoms with E-state index < -0.39 is 17.3 Å². The van der Waals surface area contributed by atoms with E-state index in [1.165, 1.54) is 0 Å². The number of aliphatic hydroxyl groups excluding tert-OH is 1. The van der Waals surface area contributed by atoms with Crippen LogP contribution in [0.4, 0.5) is 0 Å². The van der Waals surface area contributed by atoms with Crippen LogP contribution in [0.1, 0.15) is 38.9 Å². The number of nitriles is 1. The van der Waals surface area contributed by atoms with Gasteiger partial charge in [0.25, 0.3) is 0 Å². The van der Waals surface area contributed by atoms with Gasteiger partial charge in [0.15, 0.2) is 5.60 Å². The highest BCUT2D eigenvalue weighted by Gasteiger charge is 2.42. The van der Waals surface area contributed by atoms with Crippen molar-refractivity contribution < 1.29 is 9.84 Å². The number of rotatable bonds is 5. The molecule has 0 amide bonds. The molecule has 0 aliphatic heterocycles. The molecule has 2 atom stereocenters. The van der Waals surface area contributed by atoms with Crippen LogP contribution in [0.3, 0.4) is 0 Å². The Morgan fingerprint density at radius 1 is 1.37 bits per heavy atom. The van der Waals surface area contributed by atoms with Crippen molar-refractivity contribution in [1.82, 2.24) is 0 Å². The number of aliphatic hydroxyl groups is 1. The van der Waals surface area contributed by atoms with Gasteiger partial charge in [0.2, 0.25) is 0 Å². The second-order valence-electron chi connectivity index (χ2n) is 5.52. The zero-order valence-electron chi connectivity index (χ0n) is 11.8. The summed E-state index contributed by atoms with van der Waals surface area (Å²) in [5.41, 5.74) is -1.19. The lowest BCUT2D eigenvalue weighted by molar-refractivity contribution is -0.153. The number of nitrogens with zero attached hydrogens (tertiary/aromatic N) is 1. The highest BCUT2D eigenvalue weighted by atomic mass is 16.5. The molecule has 1 aromatic rings. The van der Waals surface area contributed by atoms with Gasteiger partial charge < -0.3 is 9.84 Å². The van der Waals surface area contributed by atoms with Crippen molar-refractivity contribution in [3.05, 3.63) is 48.6 Å². The van der Waals surface area contributed by atoms with E-state index in [0.29, 0.717) is 5.56 Å². The molecule has 0 bridgehead atoms. The molecular weight excluding hydrogens is 238 g/mol. The SMILES string of the molecule is C=CC[C@](C#N)(OC(C)(C)C)[C@@H](O)c1ccccc1. The van der Waals surface area contributed by atoms with E-state index in [-0.39, 0.29) is 6.42 Å². The zero-order chi connectivity index (χ0) is 14.5.